The highest BCUT2D eigenvalue weighted by Crippen LogP contribution is 2.56. The lowest BCUT2D eigenvalue weighted by atomic mass is 9.74. The van der Waals surface area contributed by atoms with Crippen molar-refractivity contribution in [1.29, 1.82) is 0 Å². The lowest BCUT2D eigenvalue weighted by molar-refractivity contribution is 0.0801. The molecule has 3 aromatic rings. The first-order valence-electron chi connectivity index (χ1n) is 15.9. The number of methoxy groups -OCH3 is 6. The third-order valence-electron chi connectivity index (χ3n) is 9.45. The van der Waals surface area contributed by atoms with Gasteiger partial charge in [-0.15, -0.1) is 0 Å². The van der Waals surface area contributed by atoms with Gasteiger partial charge in [0.25, 0.3) is 0 Å². The molecular weight excluding hydrogens is 775 g/mol. The quantitative estimate of drug-likeness (QED) is 0.0569. The minimum absolute atomic E-state index is 0.0390. The summed E-state index contributed by atoms with van der Waals surface area (Å²) in [5.41, 5.74) is 1.91. The number of aliphatic hydroxyl groups is 4. The number of halogens is 1. The average molecular weight is 819 g/mol. The number of aliphatic hydroxyl groups excluding tert-OH is 2. The van der Waals surface area contributed by atoms with Gasteiger partial charge in [-0.1, -0.05) is 18.7 Å². The van der Waals surface area contributed by atoms with E-state index in [2.05, 4.69) is 6.58 Å². The van der Waals surface area contributed by atoms with Crippen LogP contribution in [0.4, 0.5) is 0 Å². The van der Waals surface area contributed by atoms with Crippen LogP contribution in [0.2, 0.25) is 0 Å². The fourth-order valence-electron chi connectivity index (χ4n) is 6.60. The summed E-state index contributed by atoms with van der Waals surface area (Å²) >= 11 is 1.93. The summed E-state index contributed by atoms with van der Waals surface area (Å²) in [6, 6.07) is 9.99. The number of hydrogen-bond donors (Lipinski definition) is 4. The van der Waals surface area contributed by atoms with Crippen LogP contribution in [0.15, 0.2) is 71.7 Å². The van der Waals surface area contributed by atoms with Crippen molar-refractivity contribution in [2.45, 2.75) is 35.3 Å². The molecule has 2 aliphatic rings. The van der Waals surface area contributed by atoms with Crippen LogP contribution in [-0.4, -0.2) is 76.3 Å². The Morgan fingerprint density at radius 3 is 1.82 bits per heavy atom. The molecule has 3 aromatic carbocycles. The minimum Gasteiger partial charge on any atom is -0.494 e. The number of rotatable bonds is 13. The molecular formula is C38H43IO12. The molecule has 0 saturated carbocycles. The molecule has 2 unspecified atom stereocenters. The summed E-state index contributed by atoms with van der Waals surface area (Å²) in [4.78, 5) is 0. The highest BCUT2D eigenvalue weighted by atomic mass is 127. The molecule has 0 fully saturated rings. The Balaban J connectivity index is 1.42. The smallest absolute Gasteiger partial charge is 0.167 e. The van der Waals surface area contributed by atoms with Crippen LogP contribution in [0.1, 0.15) is 59.4 Å². The second-order valence-electron chi connectivity index (χ2n) is 12.0. The van der Waals surface area contributed by atoms with E-state index >= 15 is 0 Å². The molecule has 51 heavy (non-hydrogen) atoms. The van der Waals surface area contributed by atoms with Crippen molar-refractivity contribution >= 4 is 22.6 Å². The molecule has 0 heterocycles. The maximum Gasteiger partial charge on any atom is 0.167 e. The zero-order chi connectivity index (χ0) is 37.4. The van der Waals surface area contributed by atoms with E-state index in [1.165, 1.54) is 42.7 Å². The van der Waals surface area contributed by atoms with Gasteiger partial charge >= 0.3 is 0 Å². The van der Waals surface area contributed by atoms with Gasteiger partial charge in [-0.3, -0.25) is 0 Å². The van der Waals surface area contributed by atoms with E-state index in [4.69, 9.17) is 37.9 Å². The number of fused-ring (bicyclic) bond motifs is 3. The molecule has 274 valence electrons. The van der Waals surface area contributed by atoms with Crippen molar-refractivity contribution in [3.63, 3.8) is 0 Å². The van der Waals surface area contributed by atoms with Gasteiger partial charge in [0.05, 0.1) is 42.7 Å². The summed E-state index contributed by atoms with van der Waals surface area (Å²) in [6.07, 6.45) is -0.793. The monoisotopic (exact) mass is 818 g/mol. The molecule has 0 bridgehead atoms. The van der Waals surface area contributed by atoms with Crippen LogP contribution in [0.25, 0.3) is 0 Å². The van der Waals surface area contributed by atoms with Gasteiger partial charge in [0.15, 0.2) is 49.6 Å². The van der Waals surface area contributed by atoms with Gasteiger partial charge in [-0.05, 0) is 89.1 Å². The molecule has 0 aromatic heterocycles. The fourth-order valence-corrected chi connectivity index (χ4v) is 7.54. The van der Waals surface area contributed by atoms with Crippen LogP contribution in [0.5, 0.6) is 34.5 Å². The van der Waals surface area contributed by atoms with Crippen LogP contribution in [-0.2, 0) is 18.7 Å². The van der Waals surface area contributed by atoms with Crippen molar-refractivity contribution in [2.75, 3.05) is 55.9 Å². The highest BCUT2D eigenvalue weighted by Gasteiger charge is 2.45. The minimum atomic E-state index is -1.53. The number of ether oxygens (including phenoxy) is 8. The Morgan fingerprint density at radius 1 is 0.745 bits per heavy atom. The van der Waals surface area contributed by atoms with E-state index in [1.54, 1.807) is 56.3 Å². The molecule has 0 amide bonds. The highest BCUT2D eigenvalue weighted by molar-refractivity contribution is 14.1. The molecule has 4 atom stereocenters. The Kier molecular flexibility index (Phi) is 11.1. The molecule has 0 radical (unpaired) electrons. The Hall–Kier alpha value is -4.15. The molecule has 0 saturated heterocycles. The van der Waals surface area contributed by atoms with Crippen LogP contribution in [0, 0.1) is 0 Å². The van der Waals surface area contributed by atoms with Crippen molar-refractivity contribution < 1.29 is 58.3 Å². The largest absolute Gasteiger partial charge is 0.494 e. The fraction of sp³-hybridized carbons (Fsp3) is 0.368. The second-order valence-corrected chi connectivity index (χ2v) is 13.6. The maximum absolute atomic E-state index is 11.7. The topological polar surface area (TPSA) is 155 Å². The van der Waals surface area contributed by atoms with Gasteiger partial charge in [0.2, 0.25) is 0 Å². The van der Waals surface area contributed by atoms with Gasteiger partial charge in [-0.2, -0.15) is 0 Å². The van der Waals surface area contributed by atoms with Crippen molar-refractivity contribution in [3.05, 3.63) is 105 Å². The summed E-state index contributed by atoms with van der Waals surface area (Å²) in [6.45, 7) is 7.28. The molecule has 0 spiro atoms. The van der Waals surface area contributed by atoms with Crippen molar-refractivity contribution in [3.8, 4) is 34.5 Å². The first kappa shape index (κ1) is 38.1. The van der Waals surface area contributed by atoms with Gasteiger partial charge in [0, 0.05) is 22.3 Å². The molecule has 2 aliphatic carbocycles. The normalized spacial score (nSPS) is 22.3. The Morgan fingerprint density at radius 2 is 1.29 bits per heavy atom. The third-order valence-corrected chi connectivity index (χ3v) is 10.6. The van der Waals surface area contributed by atoms with Crippen LogP contribution in [0.3, 0.4) is 0 Å². The standard InChI is InChI=1S/C38H43IO12/c1-19-21(16-28(46-6)20(2)44-4)33(40)22-17-30(29(47-7)18-25(22)37(19,3)42)51-15-14-50-27-13-11-24-32(36(27)49-9)34(41)31-23(38(24,39)43)10-12-26(45-5)35(31)48-8/h10-13,16-18,33-34,40-43H,2,14-15H2,1,3-9H3/b28-16+/t33?,34?,37-,38-/m1/s1. The summed E-state index contributed by atoms with van der Waals surface area (Å²) < 4.78 is 43.8. The Bertz CT molecular complexity index is 1890. The second kappa shape index (κ2) is 14.8. The molecule has 0 aliphatic heterocycles. The van der Waals surface area contributed by atoms with Crippen molar-refractivity contribution in [1.82, 2.24) is 0 Å². The van der Waals surface area contributed by atoms with E-state index < -0.39 is 21.4 Å². The van der Waals surface area contributed by atoms with Crippen molar-refractivity contribution in [2.24, 2.45) is 0 Å². The first-order valence-corrected chi connectivity index (χ1v) is 17.0. The lowest BCUT2D eigenvalue weighted by Gasteiger charge is -2.37. The molecule has 5 rings (SSSR count). The lowest BCUT2D eigenvalue weighted by Crippen LogP contribution is -2.31. The number of benzene rings is 3. The molecule has 13 heteroatoms. The van der Waals surface area contributed by atoms with E-state index in [-0.39, 0.29) is 24.7 Å². The summed E-state index contributed by atoms with van der Waals surface area (Å²) in [7, 11) is 8.82. The van der Waals surface area contributed by atoms with Gasteiger partial charge in [-0.25, -0.2) is 0 Å². The van der Waals surface area contributed by atoms with E-state index in [0.29, 0.717) is 79.0 Å². The summed E-state index contributed by atoms with van der Waals surface area (Å²) in [5.74, 6) is 2.45. The predicted molar refractivity (Wildman–Crippen MR) is 196 cm³/mol. The van der Waals surface area contributed by atoms with E-state index in [0.717, 1.165) is 0 Å². The van der Waals surface area contributed by atoms with E-state index in [1.807, 2.05) is 22.6 Å². The SMILES string of the molecule is C=C(OC)/C(=C\C1=C(C)[C@@](C)(O)c2cc(OC)c(OCCOc3ccc4c(c3OC)C(O)c3c(ccc(OC)c3OC)[C@]4(O)I)cc2C1O)OC. The Labute approximate surface area is 310 Å². The van der Waals surface area contributed by atoms with Crippen LogP contribution < -0.4 is 28.4 Å². The van der Waals surface area contributed by atoms with E-state index in [9.17, 15) is 20.4 Å². The zero-order valence-electron chi connectivity index (χ0n) is 29.8. The summed E-state index contributed by atoms with van der Waals surface area (Å²) in [5, 5.41) is 46.6. The molecule has 4 N–H and O–H groups in total. The average Bonchev–Trinajstić information content (AvgIpc) is 3.13. The van der Waals surface area contributed by atoms with Gasteiger partial charge in [0.1, 0.15) is 31.0 Å². The predicted octanol–water partition coefficient (Wildman–Crippen LogP) is 5.46. The zero-order valence-corrected chi connectivity index (χ0v) is 31.9. The third kappa shape index (κ3) is 6.46. The first-order chi connectivity index (χ1) is 24.2. The number of alkyl halides is 1. The van der Waals surface area contributed by atoms with Crippen LogP contribution >= 0.6 is 22.6 Å². The van der Waals surface area contributed by atoms with Gasteiger partial charge < -0.3 is 58.3 Å². The maximum atomic E-state index is 11.7. The molecule has 12 nitrogen and oxygen atoms in total. The number of hydrogen-bond acceptors (Lipinski definition) is 12.